The number of benzene rings is 2. The molecule has 0 fully saturated rings. The second-order valence-electron chi connectivity index (χ2n) is 5.57. The van der Waals surface area contributed by atoms with Crippen molar-refractivity contribution in [1.82, 2.24) is 4.98 Å². The summed E-state index contributed by atoms with van der Waals surface area (Å²) < 4.78 is 5.39. The van der Waals surface area contributed by atoms with Crippen LogP contribution in [0.15, 0.2) is 76.7 Å². The quantitative estimate of drug-likeness (QED) is 0.645. The van der Waals surface area contributed by atoms with E-state index in [-0.39, 0.29) is 0 Å². The van der Waals surface area contributed by atoms with Gasteiger partial charge in [-0.25, -0.2) is 4.99 Å². The van der Waals surface area contributed by atoms with E-state index in [4.69, 9.17) is 15.5 Å². The van der Waals surface area contributed by atoms with Gasteiger partial charge in [0, 0.05) is 30.0 Å². The van der Waals surface area contributed by atoms with E-state index in [9.17, 15) is 0 Å². The Labute approximate surface area is 166 Å². The van der Waals surface area contributed by atoms with Crippen molar-refractivity contribution in [2.24, 2.45) is 9.98 Å². The highest BCUT2D eigenvalue weighted by Gasteiger charge is 2.12. The number of aliphatic imine (C=N–C) groups is 2. The topological polar surface area (TPSA) is 72.9 Å². The van der Waals surface area contributed by atoms with Crippen molar-refractivity contribution >= 4 is 23.4 Å². The summed E-state index contributed by atoms with van der Waals surface area (Å²) in [4.78, 5) is 13.2. The van der Waals surface area contributed by atoms with E-state index >= 15 is 0 Å². The number of pyridine rings is 1. The largest absolute Gasteiger partial charge is 0.479 e. The maximum Gasteiger partial charge on any atom is 0.241 e. The zero-order valence-corrected chi connectivity index (χ0v) is 16.8. The second-order valence-corrected chi connectivity index (χ2v) is 5.57. The summed E-state index contributed by atoms with van der Waals surface area (Å²) in [5, 5.41) is 0. The first-order valence-corrected chi connectivity index (χ1v) is 9.19. The fraction of sp³-hybridized carbons (Fsp3) is 0.174. The molecule has 1 heterocycles. The monoisotopic (exact) mass is 374 g/mol. The molecule has 5 nitrogen and oxygen atoms in total. The van der Waals surface area contributed by atoms with E-state index in [0.717, 1.165) is 16.8 Å². The lowest BCUT2D eigenvalue weighted by Gasteiger charge is -2.11. The number of nitrogen functional groups attached to an aromatic ring is 1. The lowest BCUT2D eigenvalue weighted by molar-refractivity contribution is 0.400. The number of hydrogen-bond acceptors (Lipinski definition) is 5. The van der Waals surface area contributed by atoms with Gasteiger partial charge in [-0.3, -0.25) is 4.99 Å². The Morgan fingerprint density at radius 2 is 1.50 bits per heavy atom. The van der Waals surface area contributed by atoms with Gasteiger partial charge in [0.25, 0.3) is 0 Å². The molecule has 0 atom stereocenters. The van der Waals surface area contributed by atoms with Crippen LogP contribution in [0, 0.1) is 0 Å². The van der Waals surface area contributed by atoms with Gasteiger partial charge >= 0.3 is 0 Å². The highest BCUT2D eigenvalue weighted by Crippen LogP contribution is 2.30. The molecule has 0 radical (unpaired) electrons. The van der Waals surface area contributed by atoms with Crippen LogP contribution < -0.4 is 10.5 Å². The van der Waals surface area contributed by atoms with Crippen molar-refractivity contribution in [3.8, 4) is 5.88 Å². The summed E-state index contributed by atoms with van der Waals surface area (Å²) in [7, 11) is 3.24. The predicted octanol–water partition coefficient (Wildman–Crippen LogP) is 4.92. The summed E-state index contributed by atoms with van der Waals surface area (Å²) in [5.41, 5.74) is 10.1. The second kappa shape index (κ2) is 10.6. The number of ether oxygens (including phenoxy) is 1. The van der Waals surface area contributed by atoms with E-state index in [1.165, 1.54) is 0 Å². The van der Waals surface area contributed by atoms with Crippen molar-refractivity contribution in [2.45, 2.75) is 13.8 Å². The third-order valence-corrected chi connectivity index (χ3v) is 3.82. The number of aromatic nitrogens is 1. The molecule has 28 heavy (non-hydrogen) atoms. The van der Waals surface area contributed by atoms with E-state index in [0.29, 0.717) is 22.9 Å². The van der Waals surface area contributed by atoms with Crippen LogP contribution in [-0.4, -0.2) is 31.1 Å². The number of methoxy groups -OCH3 is 1. The summed E-state index contributed by atoms with van der Waals surface area (Å²) in [5.74, 6) is 0.729. The molecule has 0 saturated heterocycles. The van der Waals surface area contributed by atoms with Crippen LogP contribution in [0.5, 0.6) is 5.88 Å². The Balaban J connectivity index is 0.00000136. The zero-order chi connectivity index (χ0) is 20.4. The summed E-state index contributed by atoms with van der Waals surface area (Å²) in [6.07, 6.45) is 1.66. The molecule has 0 amide bonds. The van der Waals surface area contributed by atoms with Crippen molar-refractivity contribution < 1.29 is 4.74 Å². The van der Waals surface area contributed by atoms with Crippen LogP contribution in [0.25, 0.3) is 0 Å². The molecule has 5 heteroatoms. The van der Waals surface area contributed by atoms with Crippen LogP contribution >= 0.6 is 0 Å². The molecular formula is C23H26N4O. The minimum absolute atomic E-state index is 0.354. The van der Waals surface area contributed by atoms with Gasteiger partial charge in [-0.05, 0) is 6.07 Å². The summed E-state index contributed by atoms with van der Waals surface area (Å²) >= 11 is 0. The first kappa shape index (κ1) is 20.8. The summed E-state index contributed by atoms with van der Waals surface area (Å²) in [6.45, 7) is 4.00. The van der Waals surface area contributed by atoms with Crippen LogP contribution in [0.2, 0.25) is 0 Å². The molecule has 0 aliphatic rings. The number of hydrogen-bond donors (Lipinski definition) is 1. The normalized spacial score (nSPS) is 10.1. The Bertz CT molecular complexity index is 894. The van der Waals surface area contributed by atoms with E-state index in [1.807, 2.05) is 80.6 Å². The van der Waals surface area contributed by atoms with Crippen LogP contribution in [0.1, 0.15) is 30.5 Å². The van der Waals surface area contributed by atoms with E-state index in [1.54, 1.807) is 20.4 Å². The van der Waals surface area contributed by atoms with Gasteiger partial charge in [-0.2, -0.15) is 4.98 Å². The van der Waals surface area contributed by atoms with Gasteiger partial charge in [0.1, 0.15) is 11.5 Å². The molecule has 0 aliphatic heterocycles. The average molecular weight is 374 g/mol. The van der Waals surface area contributed by atoms with E-state index in [2.05, 4.69) is 9.98 Å². The molecule has 0 aliphatic carbocycles. The van der Waals surface area contributed by atoms with Gasteiger partial charge < -0.3 is 10.5 Å². The molecule has 0 spiro atoms. The molecule has 0 bridgehead atoms. The smallest absolute Gasteiger partial charge is 0.241 e. The molecule has 144 valence electrons. The van der Waals surface area contributed by atoms with Crippen LogP contribution in [0.3, 0.4) is 0 Å². The Morgan fingerprint density at radius 3 is 1.96 bits per heavy atom. The van der Waals surface area contributed by atoms with E-state index < -0.39 is 0 Å². The molecule has 2 N–H and O–H groups in total. The first-order chi connectivity index (χ1) is 13.7. The van der Waals surface area contributed by atoms with Crippen LogP contribution in [0.4, 0.5) is 11.5 Å². The fourth-order valence-electron chi connectivity index (χ4n) is 2.60. The number of nitrogens with zero attached hydrogens (tertiary/aromatic N) is 3. The van der Waals surface area contributed by atoms with Gasteiger partial charge in [0.2, 0.25) is 5.88 Å². The molecule has 0 saturated carbocycles. The minimum atomic E-state index is 0.354. The van der Waals surface area contributed by atoms with Gasteiger partial charge in [0.15, 0.2) is 0 Å². The molecule has 3 rings (SSSR count). The predicted molar refractivity (Wildman–Crippen MR) is 118 cm³/mol. The zero-order valence-electron chi connectivity index (χ0n) is 16.8. The highest BCUT2D eigenvalue weighted by molar-refractivity contribution is 6.14. The van der Waals surface area contributed by atoms with Crippen molar-refractivity contribution in [2.75, 3.05) is 19.9 Å². The van der Waals surface area contributed by atoms with Crippen molar-refractivity contribution in [3.63, 3.8) is 0 Å². The SMILES string of the molecule is CC.CN=Cc1cc(N=C(c2ccccc2)c2ccccc2)c(OC)nc1N. The van der Waals surface area contributed by atoms with Gasteiger partial charge in [-0.15, -0.1) is 0 Å². The van der Waals surface area contributed by atoms with Crippen molar-refractivity contribution in [1.29, 1.82) is 0 Å². The molecular weight excluding hydrogens is 348 g/mol. The Hall–Kier alpha value is -3.47. The lowest BCUT2D eigenvalue weighted by atomic mass is 10.0. The standard InChI is InChI=1S/C21H20N4O.C2H6/c1-23-14-17-13-18(21(26-2)25-20(17)22)24-19(15-9-5-3-6-10-15)16-11-7-4-8-12-16;1-2/h3-14H,1-2H3,(H2,22,25);1-2H3. The molecule has 1 aromatic heterocycles. The maximum absolute atomic E-state index is 5.97. The Morgan fingerprint density at radius 1 is 0.964 bits per heavy atom. The van der Waals surface area contributed by atoms with Gasteiger partial charge in [0.05, 0.1) is 12.8 Å². The highest BCUT2D eigenvalue weighted by atomic mass is 16.5. The molecule has 2 aromatic carbocycles. The summed E-state index contributed by atoms with van der Waals surface area (Å²) in [6, 6.07) is 21.8. The maximum atomic E-state index is 5.97. The first-order valence-electron chi connectivity index (χ1n) is 9.19. The number of nitrogens with two attached hydrogens (primary N) is 1. The molecule has 0 unspecified atom stereocenters. The average Bonchev–Trinajstić information content (AvgIpc) is 2.76. The van der Waals surface area contributed by atoms with Crippen molar-refractivity contribution in [3.05, 3.63) is 83.4 Å². The van der Waals surface area contributed by atoms with Crippen LogP contribution in [-0.2, 0) is 0 Å². The third-order valence-electron chi connectivity index (χ3n) is 3.82. The Kier molecular flexibility index (Phi) is 7.91. The lowest BCUT2D eigenvalue weighted by Crippen LogP contribution is -2.04. The fourth-order valence-corrected chi connectivity index (χ4v) is 2.60. The minimum Gasteiger partial charge on any atom is -0.479 e. The number of rotatable bonds is 5. The molecule has 3 aromatic rings. The van der Waals surface area contributed by atoms with Gasteiger partial charge in [-0.1, -0.05) is 74.5 Å². The number of anilines is 1. The third kappa shape index (κ3) is 5.04.